The van der Waals surface area contributed by atoms with Gasteiger partial charge in [0.1, 0.15) is 9.22 Å². The highest BCUT2D eigenvalue weighted by Gasteiger charge is 2.14. The molecule has 0 aliphatic carbocycles. The van der Waals surface area contributed by atoms with Gasteiger partial charge in [0.25, 0.3) is 0 Å². The zero-order chi connectivity index (χ0) is 13.2. The monoisotopic (exact) mass is 321 g/mol. The average Bonchev–Trinajstić information content (AvgIpc) is 2.88. The Morgan fingerprint density at radius 2 is 2.06 bits per heavy atom. The molecule has 0 radical (unpaired) electrons. The topological polar surface area (TPSA) is 72.8 Å². The average molecular weight is 321 g/mol. The quantitative estimate of drug-likeness (QED) is 0.842. The molecule has 0 saturated carbocycles. The van der Waals surface area contributed by atoms with Gasteiger partial charge in [0.2, 0.25) is 0 Å². The minimum absolute atomic E-state index is 0.281. The standard InChI is InChI=1S/C9H11N3O2S4/c1-3-4-6-11-12-9(15-6)17-8-10-5-7(16-8)18(2,13)14/h5H,3-4H2,1-2H3. The Balaban J connectivity index is 2.11. The first kappa shape index (κ1) is 13.9. The molecule has 9 heteroatoms. The predicted molar refractivity (Wildman–Crippen MR) is 73.3 cm³/mol. The number of thiazole rings is 1. The lowest BCUT2D eigenvalue weighted by Gasteiger charge is -1.89. The van der Waals surface area contributed by atoms with Crippen molar-refractivity contribution < 1.29 is 8.42 Å². The van der Waals surface area contributed by atoms with E-state index in [1.807, 2.05) is 0 Å². The Kier molecular flexibility index (Phi) is 4.36. The minimum atomic E-state index is -3.17. The first-order chi connectivity index (χ1) is 8.49. The molecule has 0 spiro atoms. The summed E-state index contributed by atoms with van der Waals surface area (Å²) in [4.78, 5) is 4.07. The molecular weight excluding hydrogens is 310 g/mol. The van der Waals surface area contributed by atoms with E-state index in [0.29, 0.717) is 4.34 Å². The van der Waals surface area contributed by atoms with Crippen LogP contribution < -0.4 is 0 Å². The Morgan fingerprint density at radius 3 is 2.67 bits per heavy atom. The van der Waals surface area contributed by atoms with E-state index in [1.54, 1.807) is 0 Å². The van der Waals surface area contributed by atoms with Crippen molar-refractivity contribution in [3.05, 3.63) is 11.2 Å². The molecule has 5 nitrogen and oxygen atoms in total. The predicted octanol–water partition coefficient (Wildman–Crippen LogP) is 2.50. The Hall–Kier alpha value is -0.510. The number of aryl methyl sites for hydroxylation is 1. The van der Waals surface area contributed by atoms with Gasteiger partial charge in [-0.1, -0.05) is 29.6 Å². The summed E-state index contributed by atoms with van der Waals surface area (Å²) in [5, 5.41) is 9.11. The second-order valence-electron chi connectivity index (χ2n) is 3.53. The third kappa shape index (κ3) is 3.50. The van der Waals surface area contributed by atoms with E-state index in [-0.39, 0.29) is 4.21 Å². The van der Waals surface area contributed by atoms with Crippen LogP contribution in [0.2, 0.25) is 0 Å². The number of aromatic nitrogens is 3. The smallest absolute Gasteiger partial charge is 0.186 e. The highest BCUT2D eigenvalue weighted by Crippen LogP contribution is 2.34. The zero-order valence-electron chi connectivity index (χ0n) is 9.78. The highest BCUT2D eigenvalue weighted by molar-refractivity contribution is 8.03. The van der Waals surface area contributed by atoms with Gasteiger partial charge >= 0.3 is 0 Å². The fourth-order valence-corrected chi connectivity index (χ4v) is 5.29. The third-order valence-electron chi connectivity index (χ3n) is 1.92. The van der Waals surface area contributed by atoms with Gasteiger partial charge in [0, 0.05) is 12.7 Å². The molecule has 2 aromatic heterocycles. The van der Waals surface area contributed by atoms with Crippen molar-refractivity contribution in [2.24, 2.45) is 0 Å². The lowest BCUT2D eigenvalue weighted by molar-refractivity contribution is 0.603. The van der Waals surface area contributed by atoms with Gasteiger partial charge in [-0.25, -0.2) is 13.4 Å². The van der Waals surface area contributed by atoms with E-state index in [1.165, 1.54) is 35.6 Å². The SMILES string of the molecule is CCCc1nnc(Sc2ncc(S(C)(=O)=O)s2)s1. The van der Waals surface area contributed by atoms with Gasteiger partial charge in [-0.2, -0.15) is 0 Å². The van der Waals surface area contributed by atoms with Crippen molar-refractivity contribution in [2.75, 3.05) is 6.26 Å². The van der Waals surface area contributed by atoms with Crippen LogP contribution in [0.3, 0.4) is 0 Å². The van der Waals surface area contributed by atoms with Crippen LogP contribution >= 0.6 is 34.4 Å². The second kappa shape index (κ2) is 5.64. The summed E-state index contributed by atoms with van der Waals surface area (Å²) in [7, 11) is -3.17. The van der Waals surface area contributed by atoms with Crippen LogP contribution in [-0.4, -0.2) is 29.9 Å². The van der Waals surface area contributed by atoms with Gasteiger partial charge in [-0.05, 0) is 18.2 Å². The second-order valence-corrected chi connectivity index (χ2v) is 9.36. The highest BCUT2D eigenvalue weighted by atomic mass is 32.2. The van der Waals surface area contributed by atoms with Crippen LogP contribution in [0.1, 0.15) is 18.4 Å². The van der Waals surface area contributed by atoms with E-state index in [9.17, 15) is 8.42 Å². The summed E-state index contributed by atoms with van der Waals surface area (Å²) >= 11 is 4.05. The maximum atomic E-state index is 11.3. The summed E-state index contributed by atoms with van der Waals surface area (Å²) in [6.07, 6.45) is 4.52. The van der Waals surface area contributed by atoms with Crippen molar-refractivity contribution in [1.29, 1.82) is 0 Å². The number of hydrogen-bond acceptors (Lipinski definition) is 8. The molecule has 0 atom stereocenters. The molecule has 0 saturated heterocycles. The summed E-state index contributed by atoms with van der Waals surface area (Å²) in [5.74, 6) is 0. The Morgan fingerprint density at radius 1 is 1.28 bits per heavy atom. The first-order valence-electron chi connectivity index (χ1n) is 5.15. The molecule has 0 unspecified atom stereocenters. The van der Waals surface area contributed by atoms with Gasteiger partial charge < -0.3 is 0 Å². The van der Waals surface area contributed by atoms with Gasteiger partial charge in [-0.15, -0.1) is 10.2 Å². The third-order valence-corrected chi connectivity index (χ3v) is 6.81. The molecule has 0 aliphatic rings. The largest absolute Gasteiger partial charge is 0.236 e. The number of sulfone groups is 1. The molecular formula is C9H11N3O2S4. The first-order valence-corrected chi connectivity index (χ1v) is 9.49. The normalized spacial score (nSPS) is 11.9. The molecule has 0 amide bonds. The van der Waals surface area contributed by atoms with E-state index in [0.717, 1.165) is 33.5 Å². The van der Waals surface area contributed by atoms with Gasteiger partial charge in [0.15, 0.2) is 18.5 Å². The van der Waals surface area contributed by atoms with Crippen LogP contribution in [0.15, 0.2) is 19.1 Å². The number of hydrogen-bond donors (Lipinski definition) is 0. The van der Waals surface area contributed by atoms with E-state index < -0.39 is 9.84 Å². The fraction of sp³-hybridized carbons (Fsp3) is 0.444. The van der Waals surface area contributed by atoms with Crippen LogP contribution in [0.25, 0.3) is 0 Å². The summed E-state index contributed by atoms with van der Waals surface area (Å²) in [6, 6.07) is 0. The number of rotatable bonds is 5. The minimum Gasteiger partial charge on any atom is -0.236 e. The summed E-state index contributed by atoms with van der Waals surface area (Å²) < 4.78 is 24.4. The molecule has 98 valence electrons. The molecule has 0 aromatic carbocycles. The lowest BCUT2D eigenvalue weighted by Crippen LogP contribution is -1.91. The van der Waals surface area contributed by atoms with Crippen LogP contribution in [0.4, 0.5) is 0 Å². The molecule has 0 bridgehead atoms. The van der Waals surface area contributed by atoms with Crippen molar-refractivity contribution in [3.8, 4) is 0 Å². The molecule has 2 heterocycles. The summed E-state index contributed by atoms with van der Waals surface area (Å²) in [5.41, 5.74) is 0. The fourth-order valence-electron chi connectivity index (χ4n) is 1.13. The van der Waals surface area contributed by atoms with Crippen molar-refractivity contribution in [2.45, 2.75) is 32.7 Å². The molecule has 2 aromatic rings. The zero-order valence-corrected chi connectivity index (χ0v) is 13.0. The molecule has 0 N–H and O–H groups in total. The van der Waals surface area contributed by atoms with E-state index >= 15 is 0 Å². The van der Waals surface area contributed by atoms with E-state index in [2.05, 4.69) is 22.1 Å². The Labute approximate surface area is 118 Å². The van der Waals surface area contributed by atoms with Crippen molar-refractivity contribution >= 4 is 44.3 Å². The number of nitrogens with zero attached hydrogens (tertiary/aromatic N) is 3. The van der Waals surface area contributed by atoms with Crippen LogP contribution in [-0.2, 0) is 16.3 Å². The lowest BCUT2D eigenvalue weighted by atomic mass is 10.4. The van der Waals surface area contributed by atoms with Crippen molar-refractivity contribution in [1.82, 2.24) is 15.2 Å². The molecule has 2 rings (SSSR count). The summed E-state index contributed by atoms with van der Waals surface area (Å²) in [6.45, 7) is 2.09. The van der Waals surface area contributed by atoms with Crippen LogP contribution in [0, 0.1) is 0 Å². The molecule has 0 aliphatic heterocycles. The van der Waals surface area contributed by atoms with Gasteiger partial charge in [0.05, 0.1) is 6.20 Å². The Bertz CT molecular complexity index is 632. The maximum Gasteiger partial charge on any atom is 0.186 e. The molecule has 18 heavy (non-hydrogen) atoms. The maximum absolute atomic E-state index is 11.3. The van der Waals surface area contributed by atoms with Gasteiger partial charge in [-0.3, -0.25) is 0 Å². The van der Waals surface area contributed by atoms with E-state index in [4.69, 9.17) is 0 Å². The van der Waals surface area contributed by atoms with Crippen LogP contribution in [0.5, 0.6) is 0 Å². The molecule has 0 fully saturated rings. The van der Waals surface area contributed by atoms with Crippen molar-refractivity contribution in [3.63, 3.8) is 0 Å².